The van der Waals surface area contributed by atoms with E-state index in [1.54, 1.807) is 12.0 Å². The first kappa shape index (κ1) is 18.5. The summed E-state index contributed by atoms with van der Waals surface area (Å²) in [6.07, 6.45) is 3.89. The van der Waals surface area contributed by atoms with E-state index in [2.05, 4.69) is 5.32 Å². The number of urea groups is 1. The van der Waals surface area contributed by atoms with Gasteiger partial charge in [0.2, 0.25) is 5.91 Å². The van der Waals surface area contributed by atoms with Gasteiger partial charge in [-0.15, -0.1) is 0 Å². The van der Waals surface area contributed by atoms with Crippen LogP contribution in [0.2, 0.25) is 0 Å². The number of carbonyl (C=O) groups is 2. The van der Waals surface area contributed by atoms with Gasteiger partial charge in [0.1, 0.15) is 5.75 Å². The number of benzene rings is 1. The van der Waals surface area contributed by atoms with Crippen molar-refractivity contribution in [1.29, 1.82) is 0 Å². The van der Waals surface area contributed by atoms with Gasteiger partial charge in [-0.25, -0.2) is 4.79 Å². The Balaban J connectivity index is 1.62. The minimum Gasteiger partial charge on any atom is -0.497 e. The lowest BCUT2D eigenvalue weighted by atomic mass is 10.00. The van der Waals surface area contributed by atoms with E-state index in [9.17, 15) is 14.7 Å². The molecule has 2 atom stereocenters. The van der Waals surface area contributed by atoms with Crippen molar-refractivity contribution >= 4 is 17.6 Å². The number of carbonyl (C=O) groups excluding carboxylic acids is 2. The van der Waals surface area contributed by atoms with E-state index in [-0.39, 0.29) is 30.6 Å². The van der Waals surface area contributed by atoms with E-state index >= 15 is 0 Å². The first-order chi connectivity index (χ1) is 12.6. The molecule has 0 radical (unpaired) electrons. The van der Waals surface area contributed by atoms with E-state index in [1.807, 2.05) is 29.2 Å². The van der Waals surface area contributed by atoms with Crippen LogP contribution >= 0.6 is 0 Å². The van der Waals surface area contributed by atoms with E-state index in [0.717, 1.165) is 24.9 Å². The van der Waals surface area contributed by atoms with Gasteiger partial charge in [0, 0.05) is 43.9 Å². The summed E-state index contributed by atoms with van der Waals surface area (Å²) in [4.78, 5) is 28.6. The molecule has 0 bridgehead atoms. The molecule has 2 heterocycles. The lowest BCUT2D eigenvalue weighted by Gasteiger charge is -2.36. The Morgan fingerprint density at radius 1 is 1.38 bits per heavy atom. The molecule has 142 valence electrons. The number of rotatable bonds is 5. The summed E-state index contributed by atoms with van der Waals surface area (Å²) in [5.41, 5.74) is 0.780. The lowest BCUT2D eigenvalue weighted by molar-refractivity contribution is -0.117. The second-order valence-corrected chi connectivity index (χ2v) is 6.91. The highest BCUT2D eigenvalue weighted by Crippen LogP contribution is 2.26. The lowest BCUT2D eigenvalue weighted by Crippen LogP contribution is -2.52. The van der Waals surface area contributed by atoms with E-state index in [4.69, 9.17) is 4.74 Å². The van der Waals surface area contributed by atoms with Crippen molar-refractivity contribution in [2.24, 2.45) is 0 Å². The Morgan fingerprint density at radius 2 is 2.23 bits per heavy atom. The summed E-state index contributed by atoms with van der Waals surface area (Å²) < 4.78 is 5.22. The van der Waals surface area contributed by atoms with Gasteiger partial charge in [0.25, 0.3) is 0 Å². The molecule has 2 unspecified atom stereocenters. The smallest absolute Gasteiger partial charge is 0.317 e. The van der Waals surface area contributed by atoms with Gasteiger partial charge >= 0.3 is 6.03 Å². The number of nitrogens with zero attached hydrogens (tertiary/aromatic N) is 2. The zero-order chi connectivity index (χ0) is 18.5. The number of hydrogen-bond acceptors (Lipinski definition) is 4. The molecule has 3 rings (SSSR count). The maximum Gasteiger partial charge on any atom is 0.317 e. The second-order valence-electron chi connectivity index (χ2n) is 6.91. The largest absolute Gasteiger partial charge is 0.497 e. The molecule has 2 saturated heterocycles. The number of aliphatic hydroxyl groups excluding tert-OH is 1. The van der Waals surface area contributed by atoms with Crippen LogP contribution in [0.4, 0.5) is 10.5 Å². The molecular formula is C19H27N3O4. The van der Waals surface area contributed by atoms with Crippen LogP contribution in [0.15, 0.2) is 24.3 Å². The standard InChI is InChI=1S/C19H27N3O4/c1-26-17-7-4-6-16(12-17)22-13-14(11-18(22)24)20-19(25)21-9-3-2-5-15(21)8-10-23/h4,6-7,12,14-15,23H,2-3,5,8-11,13H2,1H3,(H,20,25). The van der Waals surface area contributed by atoms with Crippen molar-refractivity contribution in [3.05, 3.63) is 24.3 Å². The fourth-order valence-electron chi connectivity index (χ4n) is 3.81. The fourth-order valence-corrected chi connectivity index (χ4v) is 3.81. The maximum atomic E-state index is 12.7. The minimum absolute atomic E-state index is 0.00546. The number of hydrogen-bond donors (Lipinski definition) is 2. The third kappa shape index (κ3) is 4.09. The molecule has 7 nitrogen and oxygen atoms in total. The van der Waals surface area contributed by atoms with Crippen molar-refractivity contribution in [2.45, 2.75) is 44.2 Å². The van der Waals surface area contributed by atoms with Crippen LogP contribution in [0.5, 0.6) is 5.75 Å². The van der Waals surface area contributed by atoms with Crippen molar-refractivity contribution < 1.29 is 19.4 Å². The first-order valence-electron chi connectivity index (χ1n) is 9.24. The molecule has 3 amide bonds. The van der Waals surface area contributed by atoms with Gasteiger partial charge in [-0.2, -0.15) is 0 Å². The van der Waals surface area contributed by atoms with Gasteiger partial charge in [0.05, 0.1) is 13.2 Å². The van der Waals surface area contributed by atoms with Gasteiger partial charge in [-0.1, -0.05) is 6.07 Å². The Bertz CT molecular complexity index is 649. The number of piperidine rings is 1. The van der Waals surface area contributed by atoms with Crippen LogP contribution < -0.4 is 15.0 Å². The molecule has 0 spiro atoms. The summed E-state index contributed by atoms with van der Waals surface area (Å²) >= 11 is 0. The molecule has 1 aromatic rings. The second kappa shape index (κ2) is 8.40. The summed E-state index contributed by atoms with van der Waals surface area (Å²) in [5.74, 6) is 0.692. The SMILES string of the molecule is COc1cccc(N2CC(NC(=O)N3CCCCC3CCO)CC2=O)c1. The van der Waals surface area contributed by atoms with Crippen molar-refractivity contribution in [2.75, 3.05) is 31.7 Å². The highest BCUT2D eigenvalue weighted by molar-refractivity contribution is 5.97. The van der Waals surface area contributed by atoms with Crippen LogP contribution in [-0.4, -0.2) is 60.8 Å². The normalized spacial score (nSPS) is 23.2. The average Bonchev–Trinajstić information content (AvgIpc) is 3.02. The van der Waals surface area contributed by atoms with Crippen molar-refractivity contribution in [3.8, 4) is 5.75 Å². The summed E-state index contributed by atoms with van der Waals surface area (Å²) in [6.45, 7) is 1.24. The Morgan fingerprint density at radius 3 is 3.00 bits per heavy atom. The van der Waals surface area contributed by atoms with Gasteiger partial charge in [-0.05, 0) is 37.8 Å². The van der Waals surface area contributed by atoms with E-state index < -0.39 is 0 Å². The van der Waals surface area contributed by atoms with E-state index in [1.165, 1.54) is 0 Å². The number of likely N-dealkylation sites (tertiary alicyclic amines) is 1. The number of methoxy groups -OCH3 is 1. The molecule has 1 aromatic carbocycles. The molecule has 0 aromatic heterocycles. The quantitative estimate of drug-likeness (QED) is 0.837. The van der Waals surface area contributed by atoms with Crippen LogP contribution in [0.25, 0.3) is 0 Å². The Labute approximate surface area is 153 Å². The Kier molecular flexibility index (Phi) is 5.98. The molecule has 2 N–H and O–H groups in total. The van der Waals surface area contributed by atoms with Gasteiger partial charge < -0.3 is 25.0 Å². The average molecular weight is 361 g/mol. The zero-order valence-electron chi connectivity index (χ0n) is 15.2. The predicted molar refractivity (Wildman–Crippen MR) is 98.3 cm³/mol. The number of aliphatic hydroxyl groups is 1. The fraction of sp³-hybridized carbons (Fsp3) is 0.579. The van der Waals surface area contributed by atoms with Crippen LogP contribution in [0, 0.1) is 0 Å². The molecular weight excluding hydrogens is 334 g/mol. The molecule has 2 aliphatic heterocycles. The highest BCUT2D eigenvalue weighted by atomic mass is 16.5. The van der Waals surface area contributed by atoms with Crippen LogP contribution in [0.3, 0.4) is 0 Å². The topological polar surface area (TPSA) is 82.1 Å². The van der Waals surface area contributed by atoms with E-state index in [0.29, 0.717) is 31.7 Å². The molecule has 0 aliphatic carbocycles. The van der Waals surface area contributed by atoms with Crippen LogP contribution in [-0.2, 0) is 4.79 Å². The summed E-state index contributed by atoms with van der Waals surface area (Å²) in [6, 6.07) is 7.12. The third-order valence-corrected chi connectivity index (χ3v) is 5.17. The molecule has 26 heavy (non-hydrogen) atoms. The van der Waals surface area contributed by atoms with Crippen molar-refractivity contribution in [3.63, 3.8) is 0 Å². The molecule has 0 saturated carbocycles. The number of nitrogens with one attached hydrogen (secondary N) is 1. The monoisotopic (exact) mass is 361 g/mol. The number of ether oxygens (including phenoxy) is 1. The highest BCUT2D eigenvalue weighted by Gasteiger charge is 2.34. The van der Waals surface area contributed by atoms with Gasteiger partial charge in [-0.3, -0.25) is 4.79 Å². The summed E-state index contributed by atoms with van der Waals surface area (Å²) in [7, 11) is 1.59. The van der Waals surface area contributed by atoms with Crippen molar-refractivity contribution in [1.82, 2.24) is 10.2 Å². The first-order valence-corrected chi connectivity index (χ1v) is 9.24. The number of anilines is 1. The predicted octanol–water partition coefficient (Wildman–Crippen LogP) is 1.75. The number of amides is 3. The third-order valence-electron chi connectivity index (χ3n) is 5.17. The van der Waals surface area contributed by atoms with Gasteiger partial charge in [0.15, 0.2) is 0 Å². The molecule has 2 fully saturated rings. The van der Waals surface area contributed by atoms with Crippen LogP contribution in [0.1, 0.15) is 32.1 Å². The summed E-state index contributed by atoms with van der Waals surface area (Å²) in [5, 5.41) is 12.2. The minimum atomic E-state index is -0.210. The zero-order valence-corrected chi connectivity index (χ0v) is 15.2. The molecule has 7 heteroatoms. The Hall–Kier alpha value is -2.28. The maximum absolute atomic E-state index is 12.7. The molecule has 2 aliphatic rings.